The van der Waals surface area contributed by atoms with Crippen LogP contribution in [0.2, 0.25) is 0 Å². The number of benzene rings is 1. The van der Waals surface area contributed by atoms with Crippen molar-refractivity contribution in [3.05, 3.63) is 30.3 Å². The molecule has 19 heavy (non-hydrogen) atoms. The second-order valence-corrected chi connectivity index (χ2v) is 4.91. The van der Waals surface area contributed by atoms with Gasteiger partial charge in [0.25, 0.3) is 0 Å². The molecule has 0 aromatic heterocycles. The Morgan fingerprint density at radius 1 is 1.37 bits per heavy atom. The summed E-state index contributed by atoms with van der Waals surface area (Å²) in [5, 5.41) is 6.82. The van der Waals surface area contributed by atoms with Crippen LogP contribution in [0.5, 0.6) is 0 Å². The van der Waals surface area contributed by atoms with E-state index in [1.54, 1.807) is 0 Å². The highest BCUT2D eigenvalue weighted by Crippen LogP contribution is 2.19. The van der Waals surface area contributed by atoms with Gasteiger partial charge in [0, 0.05) is 38.4 Å². The first kappa shape index (κ1) is 13.7. The quantitative estimate of drug-likeness (QED) is 0.641. The van der Waals surface area contributed by atoms with E-state index in [4.69, 9.17) is 0 Å². The molecule has 1 aliphatic heterocycles. The summed E-state index contributed by atoms with van der Waals surface area (Å²) in [4.78, 5) is 6.68. The minimum absolute atomic E-state index is 0.475. The molecular formula is C15H24N4. The molecule has 4 heteroatoms. The van der Waals surface area contributed by atoms with E-state index in [0.717, 1.165) is 38.4 Å². The molecule has 0 bridgehead atoms. The molecule has 4 nitrogen and oxygen atoms in total. The Balaban J connectivity index is 1.85. The van der Waals surface area contributed by atoms with Crippen molar-refractivity contribution in [2.75, 3.05) is 31.6 Å². The summed E-state index contributed by atoms with van der Waals surface area (Å²) in [5.74, 6) is 0.918. The van der Waals surface area contributed by atoms with Gasteiger partial charge in [0.2, 0.25) is 0 Å². The predicted octanol–water partition coefficient (Wildman–Crippen LogP) is 1.84. The molecule has 1 aromatic carbocycles. The summed E-state index contributed by atoms with van der Waals surface area (Å²) in [5.41, 5.74) is 1.31. The maximum absolute atomic E-state index is 4.26. The van der Waals surface area contributed by atoms with E-state index in [2.05, 4.69) is 57.8 Å². The van der Waals surface area contributed by atoms with Gasteiger partial charge in [0.1, 0.15) is 0 Å². The molecule has 2 rings (SSSR count). The van der Waals surface area contributed by atoms with Crippen LogP contribution in [0.1, 0.15) is 19.8 Å². The van der Waals surface area contributed by atoms with Crippen molar-refractivity contribution in [3.8, 4) is 0 Å². The van der Waals surface area contributed by atoms with Gasteiger partial charge in [-0.1, -0.05) is 25.1 Å². The fourth-order valence-electron chi connectivity index (χ4n) is 2.38. The van der Waals surface area contributed by atoms with Crippen molar-refractivity contribution in [1.29, 1.82) is 0 Å². The lowest BCUT2D eigenvalue weighted by Crippen LogP contribution is -2.44. The first-order valence-electron chi connectivity index (χ1n) is 7.10. The Hall–Kier alpha value is -1.71. The van der Waals surface area contributed by atoms with E-state index >= 15 is 0 Å². The van der Waals surface area contributed by atoms with Gasteiger partial charge in [0.15, 0.2) is 5.96 Å². The van der Waals surface area contributed by atoms with Crippen LogP contribution >= 0.6 is 0 Å². The Bertz CT molecular complexity index is 402. The van der Waals surface area contributed by atoms with Gasteiger partial charge in [-0.2, -0.15) is 0 Å². The van der Waals surface area contributed by atoms with Gasteiger partial charge in [-0.25, -0.2) is 0 Å². The second-order valence-electron chi connectivity index (χ2n) is 4.91. The largest absolute Gasteiger partial charge is 0.369 e. The van der Waals surface area contributed by atoms with Crippen molar-refractivity contribution < 1.29 is 0 Å². The molecule has 1 unspecified atom stereocenters. The Labute approximate surface area is 115 Å². The SMILES string of the molecule is CCCNC(=NC)NC1CCN(c2ccccc2)C1. The molecule has 0 spiro atoms. The number of nitrogens with zero attached hydrogens (tertiary/aromatic N) is 2. The summed E-state index contributed by atoms with van der Waals surface area (Å²) in [6, 6.07) is 11.1. The Morgan fingerprint density at radius 3 is 2.84 bits per heavy atom. The molecule has 1 heterocycles. The highest BCUT2D eigenvalue weighted by atomic mass is 15.2. The number of nitrogens with one attached hydrogen (secondary N) is 2. The number of aliphatic imine (C=N–C) groups is 1. The van der Waals surface area contributed by atoms with Crippen LogP contribution in [0.15, 0.2) is 35.3 Å². The van der Waals surface area contributed by atoms with Crippen LogP contribution in [-0.2, 0) is 0 Å². The molecule has 1 aromatic rings. The molecule has 0 amide bonds. The number of hydrogen-bond acceptors (Lipinski definition) is 2. The third-order valence-electron chi connectivity index (χ3n) is 3.42. The molecule has 1 aliphatic rings. The zero-order valence-electron chi connectivity index (χ0n) is 11.9. The molecule has 1 saturated heterocycles. The van der Waals surface area contributed by atoms with Crippen LogP contribution in [0, 0.1) is 0 Å². The summed E-state index contributed by atoms with van der Waals surface area (Å²) in [7, 11) is 1.83. The van der Waals surface area contributed by atoms with Crippen LogP contribution in [-0.4, -0.2) is 38.7 Å². The molecule has 1 fully saturated rings. The number of anilines is 1. The van der Waals surface area contributed by atoms with Gasteiger partial charge < -0.3 is 15.5 Å². The topological polar surface area (TPSA) is 39.7 Å². The summed E-state index contributed by atoms with van der Waals surface area (Å²) in [6.07, 6.45) is 2.27. The maximum atomic E-state index is 4.26. The molecule has 104 valence electrons. The average molecular weight is 260 g/mol. The predicted molar refractivity (Wildman–Crippen MR) is 81.8 cm³/mol. The lowest BCUT2D eigenvalue weighted by atomic mass is 10.3. The maximum Gasteiger partial charge on any atom is 0.191 e. The van der Waals surface area contributed by atoms with Crippen molar-refractivity contribution in [2.24, 2.45) is 4.99 Å². The molecule has 1 atom stereocenters. The van der Waals surface area contributed by atoms with Gasteiger partial charge in [-0.15, -0.1) is 0 Å². The van der Waals surface area contributed by atoms with E-state index in [-0.39, 0.29) is 0 Å². The third-order valence-corrected chi connectivity index (χ3v) is 3.42. The lowest BCUT2D eigenvalue weighted by molar-refractivity contribution is 0.647. The zero-order valence-corrected chi connectivity index (χ0v) is 11.9. The lowest BCUT2D eigenvalue weighted by Gasteiger charge is -2.20. The highest BCUT2D eigenvalue weighted by molar-refractivity contribution is 5.80. The fourth-order valence-corrected chi connectivity index (χ4v) is 2.38. The fraction of sp³-hybridized carbons (Fsp3) is 0.533. The smallest absolute Gasteiger partial charge is 0.191 e. The third kappa shape index (κ3) is 3.88. The van der Waals surface area contributed by atoms with Crippen LogP contribution in [0.4, 0.5) is 5.69 Å². The van der Waals surface area contributed by atoms with Crippen LogP contribution < -0.4 is 15.5 Å². The van der Waals surface area contributed by atoms with Gasteiger partial charge in [-0.3, -0.25) is 4.99 Å². The van der Waals surface area contributed by atoms with Gasteiger partial charge >= 0.3 is 0 Å². The van der Waals surface area contributed by atoms with Crippen molar-refractivity contribution >= 4 is 11.6 Å². The standard InChI is InChI=1S/C15H24N4/c1-3-10-17-15(16-2)18-13-9-11-19(12-13)14-7-5-4-6-8-14/h4-8,13H,3,9-12H2,1-2H3,(H2,16,17,18). The highest BCUT2D eigenvalue weighted by Gasteiger charge is 2.23. The van der Waals surface area contributed by atoms with E-state index in [1.807, 2.05) is 7.05 Å². The zero-order chi connectivity index (χ0) is 13.5. The monoisotopic (exact) mass is 260 g/mol. The van der Waals surface area contributed by atoms with Crippen molar-refractivity contribution in [1.82, 2.24) is 10.6 Å². The Morgan fingerprint density at radius 2 is 2.16 bits per heavy atom. The minimum atomic E-state index is 0.475. The number of rotatable bonds is 4. The summed E-state index contributed by atoms with van der Waals surface area (Å²) in [6.45, 7) is 5.27. The molecular weight excluding hydrogens is 236 g/mol. The Kier molecular flexibility index (Phi) is 5.07. The first-order valence-corrected chi connectivity index (χ1v) is 7.10. The second kappa shape index (κ2) is 7.02. The van der Waals surface area contributed by atoms with E-state index < -0.39 is 0 Å². The van der Waals surface area contributed by atoms with Gasteiger partial charge in [0.05, 0.1) is 0 Å². The molecule has 0 saturated carbocycles. The van der Waals surface area contributed by atoms with E-state index in [1.165, 1.54) is 5.69 Å². The van der Waals surface area contributed by atoms with E-state index in [9.17, 15) is 0 Å². The van der Waals surface area contributed by atoms with Crippen molar-refractivity contribution in [3.63, 3.8) is 0 Å². The number of para-hydroxylation sites is 1. The number of hydrogen-bond donors (Lipinski definition) is 2. The molecule has 0 radical (unpaired) electrons. The van der Waals surface area contributed by atoms with E-state index in [0.29, 0.717) is 6.04 Å². The first-order chi connectivity index (χ1) is 9.33. The van der Waals surface area contributed by atoms with Gasteiger partial charge in [-0.05, 0) is 25.0 Å². The molecule has 0 aliphatic carbocycles. The molecule has 2 N–H and O–H groups in total. The number of guanidine groups is 1. The summed E-state index contributed by atoms with van der Waals surface area (Å²) >= 11 is 0. The van der Waals surface area contributed by atoms with Crippen LogP contribution in [0.3, 0.4) is 0 Å². The average Bonchev–Trinajstić information content (AvgIpc) is 2.93. The van der Waals surface area contributed by atoms with Crippen molar-refractivity contribution in [2.45, 2.75) is 25.8 Å². The summed E-state index contributed by atoms with van der Waals surface area (Å²) < 4.78 is 0. The minimum Gasteiger partial charge on any atom is -0.369 e. The van der Waals surface area contributed by atoms with Crippen LogP contribution in [0.25, 0.3) is 0 Å². The normalized spacial score (nSPS) is 19.6.